The number of hydrazine groups is 1. The van der Waals surface area contributed by atoms with Crippen molar-refractivity contribution >= 4 is 29.7 Å². The minimum absolute atomic E-state index is 0.000696. The average Bonchev–Trinajstić information content (AvgIpc) is 2.96. The van der Waals surface area contributed by atoms with Crippen molar-refractivity contribution in [1.29, 1.82) is 0 Å². The number of hydrogen-bond donors (Lipinski definition) is 4. The van der Waals surface area contributed by atoms with Crippen LogP contribution in [0.1, 0.15) is 78.2 Å². The van der Waals surface area contributed by atoms with Crippen LogP contribution in [0.25, 0.3) is 0 Å². The SMILES string of the molecule is C=CC(=O)N(CCC(N)=O)NC(=O)[C@H](CC1CCCCC1)NC(=O)[C@@H](NC(=O)OCc1ccccc1)[C@@H](C)OC(C)(C)C. The van der Waals surface area contributed by atoms with Gasteiger partial charge in [-0.1, -0.05) is 69.0 Å². The van der Waals surface area contributed by atoms with Crippen LogP contribution in [0.4, 0.5) is 4.79 Å². The molecular weight excluding hydrogens is 554 g/mol. The predicted octanol–water partition coefficient (Wildman–Crippen LogP) is 2.86. The van der Waals surface area contributed by atoms with Crippen LogP contribution in [0.5, 0.6) is 0 Å². The molecule has 1 fully saturated rings. The molecule has 12 nitrogen and oxygen atoms in total. The molecule has 0 aromatic heterocycles. The Morgan fingerprint density at radius 3 is 2.28 bits per heavy atom. The Morgan fingerprint density at radius 2 is 1.70 bits per heavy atom. The molecule has 0 unspecified atom stereocenters. The minimum Gasteiger partial charge on any atom is -0.445 e. The third kappa shape index (κ3) is 13.3. The molecule has 2 rings (SSSR count). The topological polar surface area (TPSA) is 169 Å². The molecule has 12 heteroatoms. The van der Waals surface area contributed by atoms with Crippen molar-refractivity contribution < 1.29 is 33.4 Å². The van der Waals surface area contributed by atoms with E-state index in [9.17, 15) is 24.0 Å². The Bertz CT molecular complexity index is 1100. The Balaban J connectivity index is 2.25. The van der Waals surface area contributed by atoms with Crippen molar-refractivity contribution in [2.24, 2.45) is 11.7 Å². The van der Waals surface area contributed by atoms with Gasteiger partial charge < -0.3 is 25.8 Å². The predicted molar refractivity (Wildman–Crippen MR) is 161 cm³/mol. The number of alkyl carbamates (subject to hydrolysis) is 1. The van der Waals surface area contributed by atoms with Crippen molar-refractivity contribution in [3.63, 3.8) is 0 Å². The van der Waals surface area contributed by atoms with E-state index in [0.717, 1.165) is 48.8 Å². The molecule has 1 saturated carbocycles. The maximum atomic E-state index is 13.7. The van der Waals surface area contributed by atoms with E-state index in [1.165, 1.54) is 0 Å². The molecule has 1 aromatic rings. The summed E-state index contributed by atoms with van der Waals surface area (Å²) in [6.45, 7) is 10.4. The highest BCUT2D eigenvalue weighted by Crippen LogP contribution is 2.27. The fourth-order valence-electron chi connectivity index (χ4n) is 4.93. The molecule has 43 heavy (non-hydrogen) atoms. The molecule has 3 atom stereocenters. The van der Waals surface area contributed by atoms with E-state index in [1.807, 2.05) is 39.0 Å². The van der Waals surface area contributed by atoms with Crippen molar-refractivity contribution in [1.82, 2.24) is 21.1 Å². The highest BCUT2D eigenvalue weighted by molar-refractivity contribution is 5.94. The van der Waals surface area contributed by atoms with E-state index in [4.69, 9.17) is 15.2 Å². The molecule has 238 valence electrons. The summed E-state index contributed by atoms with van der Waals surface area (Å²) in [5.41, 5.74) is 7.88. The van der Waals surface area contributed by atoms with E-state index in [1.54, 1.807) is 19.1 Å². The molecule has 5 N–H and O–H groups in total. The quantitative estimate of drug-likeness (QED) is 0.188. The minimum atomic E-state index is -1.20. The first kappa shape index (κ1) is 35.3. The number of carbonyl (C=O) groups is 5. The van der Waals surface area contributed by atoms with Crippen LogP contribution in [0.15, 0.2) is 43.0 Å². The van der Waals surface area contributed by atoms with Gasteiger partial charge in [-0.15, -0.1) is 0 Å². The Hall–Kier alpha value is -3.93. The van der Waals surface area contributed by atoms with E-state index in [-0.39, 0.29) is 25.5 Å². The van der Waals surface area contributed by atoms with Crippen LogP contribution in [-0.2, 0) is 35.3 Å². The van der Waals surface area contributed by atoms with Gasteiger partial charge in [-0.3, -0.25) is 24.6 Å². The second-order valence-electron chi connectivity index (χ2n) is 11.8. The Labute approximate surface area is 254 Å². The smallest absolute Gasteiger partial charge is 0.408 e. The maximum Gasteiger partial charge on any atom is 0.408 e. The van der Waals surface area contributed by atoms with Crippen LogP contribution < -0.4 is 21.8 Å². The summed E-state index contributed by atoms with van der Waals surface area (Å²) in [6.07, 6.45) is 4.45. The second kappa shape index (κ2) is 17.3. The number of ether oxygens (including phenoxy) is 2. The lowest BCUT2D eigenvalue weighted by atomic mass is 9.84. The van der Waals surface area contributed by atoms with E-state index in [2.05, 4.69) is 22.6 Å². The van der Waals surface area contributed by atoms with Gasteiger partial charge in [0.25, 0.3) is 11.8 Å². The summed E-state index contributed by atoms with van der Waals surface area (Å²) in [5, 5.41) is 6.33. The first-order valence-corrected chi connectivity index (χ1v) is 14.8. The fraction of sp³-hybridized carbons (Fsp3) is 0.581. The zero-order chi connectivity index (χ0) is 32.0. The Kier molecular flexibility index (Phi) is 14.1. The van der Waals surface area contributed by atoms with Crippen LogP contribution >= 0.6 is 0 Å². The van der Waals surface area contributed by atoms with E-state index in [0.29, 0.717) is 6.42 Å². The summed E-state index contributed by atoms with van der Waals surface area (Å²) in [7, 11) is 0. The first-order valence-electron chi connectivity index (χ1n) is 14.8. The zero-order valence-electron chi connectivity index (χ0n) is 25.7. The molecule has 1 aliphatic carbocycles. The van der Waals surface area contributed by atoms with Crippen LogP contribution in [0.3, 0.4) is 0 Å². The summed E-state index contributed by atoms with van der Waals surface area (Å²) in [6, 6.07) is 6.85. The van der Waals surface area contributed by atoms with E-state index >= 15 is 0 Å². The number of nitrogens with one attached hydrogen (secondary N) is 3. The standard InChI is InChI=1S/C31H47N5O7/c1-6-26(38)36(18-17-25(32)37)35-28(39)24(19-22-13-9-7-10-14-22)33-29(40)27(21(2)43-31(3,4)5)34-30(41)42-20-23-15-11-8-12-16-23/h6,8,11-12,15-16,21-22,24,27H,1,7,9-10,13-14,17-20H2,2-5H3,(H2,32,37)(H,33,40)(H,34,41)(H,35,39)/t21-,24+,27+/m1/s1. The molecule has 0 aliphatic heterocycles. The van der Waals surface area contributed by atoms with Gasteiger partial charge in [-0.25, -0.2) is 9.80 Å². The molecule has 0 bridgehead atoms. The van der Waals surface area contributed by atoms with Crippen molar-refractivity contribution in [2.75, 3.05) is 6.54 Å². The number of nitrogens with zero attached hydrogens (tertiary/aromatic N) is 1. The average molecular weight is 602 g/mol. The van der Waals surface area contributed by atoms with Gasteiger partial charge in [0.15, 0.2) is 0 Å². The molecule has 0 spiro atoms. The molecule has 5 amide bonds. The fourth-order valence-corrected chi connectivity index (χ4v) is 4.93. The van der Waals surface area contributed by atoms with Crippen LogP contribution in [0.2, 0.25) is 0 Å². The van der Waals surface area contributed by atoms with Gasteiger partial charge >= 0.3 is 6.09 Å². The maximum absolute atomic E-state index is 13.7. The van der Waals surface area contributed by atoms with Crippen molar-refractivity contribution in [2.45, 2.75) is 103 Å². The van der Waals surface area contributed by atoms with Gasteiger partial charge in [0, 0.05) is 6.42 Å². The van der Waals surface area contributed by atoms with Crippen LogP contribution in [-0.4, -0.2) is 65.1 Å². The lowest BCUT2D eigenvalue weighted by molar-refractivity contribution is -0.141. The summed E-state index contributed by atoms with van der Waals surface area (Å²) in [5.74, 6) is -2.41. The molecule has 0 radical (unpaired) electrons. The first-order chi connectivity index (χ1) is 20.3. The number of rotatable bonds is 14. The Morgan fingerprint density at radius 1 is 1.05 bits per heavy atom. The number of primary amides is 1. The van der Waals surface area contributed by atoms with E-state index < -0.39 is 53.5 Å². The summed E-state index contributed by atoms with van der Waals surface area (Å²) < 4.78 is 11.3. The molecule has 0 saturated heterocycles. The van der Waals surface area contributed by atoms with Gasteiger partial charge in [0.1, 0.15) is 18.7 Å². The molecule has 1 aliphatic rings. The van der Waals surface area contributed by atoms with Gasteiger partial charge in [-0.05, 0) is 51.7 Å². The summed E-state index contributed by atoms with van der Waals surface area (Å²) in [4.78, 5) is 63.7. The lowest BCUT2D eigenvalue weighted by Crippen LogP contribution is -2.60. The molecular formula is C31H47N5O7. The number of nitrogens with two attached hydrogens (primary N) is 1. The molecule has 1 aromatic carbocycles. The monoisotopic (exact) mass is 601 g/mol. The number of hydrogen-bond acceptors (Lipinski definition) is 7. The highest BCUT2D eigenvalue weighted by Gasteiger charge is 2.35. The second-order valence-corrected chi connectivity index (χ2v) is 11.8. The van der Waals surface area contributed by atoms with Crippen LogP contribution in [0, 0.1) is 5.92 Å². The normalized spacial score (nSPS) is 15.7. The van der Waals surface area contributed by atoms with Gasteiger partial charge in [0.05, 0.1) is 18.2 Å². The highest BCUT2D eigenvalue weighted by atomic mass is 16.6. The number of benzene rings is 1. The van der Waals surface area contributed by atoms with Gasteiger partial charge in [0.2, 0.25) is 11.8 Å². The van der Waals surface area contributed by atoms with Crippen molar-refractivity contribution in [3.8, 4) is 0 Å². The van der Waals surface area contributed by atoms with Crippen molar-refractivity contribution in [3.05, 3.63) is 48.6 Å². The largest absolute Gasteiger partial charge is 0.445 e. The summed E-state index contributed by atoms with van der Waals surface area (Å²) >= 11 is 0. The number of carbonyl (C=O) groups excluding carboxylic acids is 5. The van der Waals surface area contributed by atoms with Gasteiger partial charge in [-0.2, -0.15) is 0 Å². The zero-order valence-corrected chi connectivity index (χ0v) is 25.7. The third-order valence-corrected chi connectivity index (χ3v) is 6.97. The third-order valence-electron chi connectivity index (χ3n) is 6.97. The lowest BCUT2D eigenvalue weighted by Gasteiger charge is -2.33. The number of amides is 5. The molecule has 0 heterocycles.